The van der Waals surface area contributed by atoms with Gasteiger partial charge >= 0.3 is 0 Å². The van der Waals surface area contributed by atoms with E-state index in [0.29, 0.717) is 23.5 Å². The summed E-state index contributed by atoms with van der Waals surface area (Å²) in [5.74, 6) is -0.444. The molecule has 0 spiro atoms. The van der Waals surface area contributed by atoms with Crippen molar-refractivity contribution in [3.05, 3.63) is 64.9 Å². The molecule has 4 nitrogen and oxygen atoms in total. The van der Waals surface area contributed by atoms with Crippen molar-refractivity contribution >= 4 is 38.2 Å². The number of nitrogens with one attached hydrogen (secondary N) is 1. The normalized spacial score (nSPS) is 11.5. The van der Waals surface area contributed by atoms with E-state index >= 15 is 0 Å². The Morgan fingerprint density at radius 1 is 1.16 bits per heavy atom. The molecule has 6 heteroatoms. The molecule has 1 amide bonds. The summed E-state index contributed by atoms with van der Waals surface area (Å²) in [7, 11) is 0. The Morgan fingerprint density at radius 3 is 2.66 bits per heavy atom. The number of aryl methyl sites for hydroxylation is 1. The molecule has 0 aliphatic rings. The molecule has 4 rings (SSSR count). The Hall–Kier alpha value is -2.83. The van der Waals surface area contributed by atoms with Gasteiger partial charge in [0, 0.05) is 40.4 Å². The van der Waals surface area contributed by atoms with Crippen LogP contribution in [0.25, 0.3) is 32.1 Å². The first-order valence-electron chi connectivity index (χ1n) is 11.0. The Kier molecular flexibility index (Phi) is 6.82. The fourth-order valence-corrected chi connectivity index (χ4v) is 4.97. The molecule has 2 aromatic carbocycles. The first kappa shape index (κ1) is 22.4. The number of benzene rings is 2. The summed E-state index contributed by atoms with van der Waals surface area (Å²) < 4.78 is 20.5. The van der Waals surface area contributed by atoms with Crippen molar-refractivity contribution in [3.63, 3.8) is 0 Å². The summed E-state index contributed by atoms with van der Waals surface area (Å²) in [4.78, 5) is 18.4. The molecule has 2 heterocycles. The second kappa shape index (κ2) is 9.76. The van der Waals surface area contributed by atoms with Crippen molar-refractivity contribution in [1.29, 1.82) is 0 Å². The van der Waals surface area contributed by atoms with Crippen molar-refractivity contribution < 1.29 is 13.9 Å². The first-order valence-corrected chi connectivity index (χ1v) is 11.8. The lowest BCUT2D eigenvalue weighted by molar-refractivity contribution is 0.0757. The van der Waals surface area contributed by atoms with E-state index in [0.717, 1.165) is 39.4 Å². The topological polar surface area (TPSA) is 51.2 Å². The van der Waals surface area contributed by atoms with Gasteiger partial charge in [0.1, 0.15) is 10.7 Å². The largest absolute Gasteiger partial charge is 0.379 e. The third-order valence-corrected chi connectivity index (χ3v) is 6.63. The second-order valence-electron chi connectivity index (χ2n) is 8.05. The zero-order chi connectivity index (χ0) is 22.7. The molecule has 1 N–H and O–H groups in total. The van der Waals surface area contributed by atoms with E-state index in [1.165, 1.54) is 29.0 Å². The third kappa shape index (κ3) is 4.66. The molecule has 0 atom stereocenters. The average Bonchev–Trinajstić information content (AvgIpc) is 3.19. The molecule has 166 valence electrons. The second-order valence-corrected chi connectivity index (χ2v) is 9.07. The maximum Gasteiger partial charge on any atom is 0.262 e. The zero-order valence-corrected chi connectivity index (χ0v) is 19.4. The lowest BCUT2D eigenvalue weighted by Crippen LogP contribution is -2.25. The maximum absolute atomic E-state index is 14.0. The predicted molar refractivity (Wildman–Crippen MR) is 130 cm³/mol. The number of aromatic nitrogens is 1. The molecular weight excluding hydrogens is 423 g/mol. The van der Waals surface area contributed by atoms with Gasteiger partial charge < -0.3 is 10.1 Å². The molecule has 2 aromatic heterocycles. The van der Waals surface area contributed by atoms with Crippen molar-refractivity contribution in [2.45, 2.75) is 39.7 Å². The molecule has 0 saturated heterocycles. The van der Waals surface area contributed by atoms with Crippen molar-refractivity contribution in [2.24, 2.45) is 0 Å². The van der Waals surface area contributed by atoms with Crippen LogP contribution in [-0.2, 0) is 11.2 Å². The first-order chi connectivity index (χ1) is 15.5. The van der Waals surface area contributed by atoms with Crippen LogP contribution < -0.4 is 5.32 Å². The van der Waals surface area contributed by atoms with E-state index < -0.39 is 0 Å². The van der Waals surface area contributed by atoms with Gasteiger partial charge in [-0.3, -0.25) is 9.78 Å². The molecule has 0 aliphatic carbocycles. The highest BCUT2D eigenvalue weighted by molar-refractivity contribution is 7.22. The highest BCUT2D eigenvalue weighted by atomic mass is 32.1. The van der Waals surface area contributed by atoms with E-state index in [2.05, 4.69) is 29.4 Å². The maximum atomic E-state index is 14.0. The van der Waals surface area contributed by atoms with Gasteiger partial charge in [-0.15, -0.1) is 11.3 Å². The Balaban J connectivity index is 1.76. The summed E-state index contributed by atoms with van der Waals surface area (Å²) >= 11 is 1.39. The van der Waals surface area contributed by atoms with E-state index in [-0.39, 0.29) is 17.8 Å². The molecule has 0 fully saturated rings. The van der Waals surface area contributed by atoms with Gasteiger partial charge in [0.2, 0.25) is 0 Å². The molecule has 4 aromatic rings. The predicted octanol–water partition coefficient (Wildman–Crippen LogP) is 6.36. The molecule has 0 radical (unpaired) electrons. The van der Waals surface area contributed by atoms with Crippen LogP contribution >= 0.6 is 11.3 Å². The van der Waals surface area contributed by atoms with Crippen LogP contribution in [0.4, 0.5) is 4.39 Å². The lowest BCUT2D eigenvalue weighted by Gasteiger charge is -2.09. The lowest BCUT2D eigenvalue weighted by atomic mass is 9.99. The number of nitrogens with zero attached hydrogens (tertiary/aromatic N) is 1. The monoisotopic (exact) mass is 450 g/mol. The number of fused-ring (bicyclic) bond motifs is 3. The van der Waals surface area contributed by atoms with Crippen LogP contribution in [0.5, 0.6) is 0 Å². The SMILES string of the molecule is CCc1ccc(-c2c(C(=O)NCCCOC(C)C)sc3c2cnc2ccc(F)cc23)cc1. The number of pyridine rings is 1. The Morgan fingerprint density at radius 2 is 1.94 bits per heavy atom. The van der Waals surface area contributed by atoms with Gasteiger partial charge in [-0.25, -0.2) is 4.39 Å². The Bertz CT molecular complexity index is 1250. The smallest absolute Gasteiger partial charge is 0.262 e. The number of rotatable bonds is 8. The third-order valence-electron chi connectivity index (χ3n) is 5.40. The number of amides is 1. The average molecular weight is 451 g/mol. The van der Waals surface area contributed by atoms with E-state index in [4.69, 9.17) is 4.74 Å². The number of ether oxygens (including phenoxy) is 1. The van der Waals surface area contributed by atoms with Crippen LogP contribution in [0.2, 0.25) is 0 Å². The summed E-state index contributed by atoms with van der Waals surface area (Å²) in [6.07, 6.45) is 3.65. The summed E-state index contributed by atoms with van der Waals surface area (Å²) in [6, 6.07) is 12.8. The standard InChI is InChI=1S/C26H27FN2O2S/c1-4-17-6-8-18(9-7-17)23-21-15-29-22-11-10-19(27)14-20(22)24(21)32-25(23)26(30)28-12-5-13-31-16(2)3/h6-11,14-16H,4-5,12-13H2,1-3H3,(H,28,30). The van der Waals surface area contributed by atoms with Gasteiger partial charge in [-0.1, -0.05) is 31.2 Å². The van der Waals surface area contributed by atoms with Gasteiger partial charge in [-0.2, -0.15) is 0 Å². The number of hydrogen-bond acceptors (Lipinski definition) is 4. The minimum absolute atomic E-state index is 0.130. The van der Waals surface area contributed by atoms with Crippen molar-refractivity contribution in [1.82, 2.24) is 10.3 Å². The van der Waals surface area contributed by atoms with Crippen LogP contribution in [-0.4, -0.2) is 30.1 Å². The van der Waals surface area contributed by atoms with Crippen molar-refractivity contribution in [2.75, 3.05) is 13.2 Å². The number of carbonyl (C=O) groups is 1. The minimum atomic E-state index is -0.315. The van der Waals surface area contributed by atoms with E-state index in [1.54, 1.807) is 12.3 Å². The van der Waals surface area contributed by atoms with Crippen molar-refractivity contribution in [3.8, 4) is 11.1 Å². The highest BCUT2D eigenvalue weighted by Crippen LogP contribution is 2.41. The van der Waals surface area contributed by atoms with E-state index in [9.17, 15) is 9.18 Å². The molecule has 0 aliphatic heterocycles. The molecular formula is C26H27FN2O2S. The van der Waals surface area contributed by atoms with Gasteiger partial charge in [0.25, 0.3) is 5.91 Å². The summed E-state index contributed by atoms with van der Waals surface area (Å²) in [5, 5.41) is 4.61. The van der Waals surface area contributed by atoms with Gasteiger partial charge in [0.05, 0.1) is 11.6 Å². The fourth-order valence-electron chi connectivity index (χ4n) is 3.73. The quantitative estimate of drug-likeness (QED) is 0.318. The molecule has 0 saturated carbocycles. The number of hydrogen-bond donors (Lipinski definition) is 1. The molecule has 0 unspecified atom stereocenters. The van der Waals surface area contributed by atoms with Crippen LogP contribution in [0.15, 0.2) is 48.7 Å². The van der Waals surface area contributed by atoms with Crippen LogP contribution in [0.3, 0.4) is 0 Å². The molecule has 0 bridgehead atoms. The van der Waals surface area contributed by atoms with E-state index in [1.807, 2.05) is 26.0 Å². The Labute approximate surface area is 191 Å². The summed E-state index contributed by atoms with van der Waals surface area (Å²) in [5.41, 5.74) is 3.75. The highest BCUT2D eigenvalue weighted by Gasteiger charge is 2.21. The number of carbonyl (C=O) groups excluding carboxylic acids is 1. The zero-order valence-electron chi connectivity index (χ0n) is 18.6. The fraction of sp³-hybridized carbons (Fsp3) is 0.308. The number of thiophene rings is 1. The minimum Gasteiger partial charge on any atom is -0.379 e. The van der Waals surface area contributed by atoms with Gasteiger partial charge in [0.15, 0.2) is 0 Å². The number of halogens is 1. The summed E-state index contributed by atoms with van der Waals surface area (Å²) in [6.45, 7) is 7.23. The van der Waals surface area contributed by atoms with Gasteiger partial charge in [-0.05, 0) is 56.0 Å². The van der Waals surface area contributed by atoms with Crippen LogP contribution in [0.1, 0.15) is 42.4 Å². The molecule has 32 heavy (non-hydrogen) atoms. The van der Waals surface area contributed by atoms with Crippen LogP contribution in [0, 0.1) is 5.82 Å².